The fraction of sp³-hybridized carbons (Fsp3) is 0.538. The normalized spacial score (nSPS) is 18.5. The van der Waals surface area contributed by atoms with Crippen LogP contribution in [0.25, 0.3) is 0 Å². The first-order valence-corrected chi connectivity index (χ1v) is 8.61. The third-order valence-corrected chi connectivity index (χ3v) is 5.26. The fourth-order valence-corrected chi connectivity index (χ4v) is 3.88. The maximum Gasteiger partial charge on any atom is 0.248 e. The Bertz CT molecular complexity index is 537. The molecule has 0 spiro atoms. The average Bonchev–Trinajstić information content (AvgIpc) is 3.07. The minimum atomic E-state index is 0.0763. The number of rotatable bonds is 5. The number of fused-ring (bicyclic) bond motifs is 1. The molecule has 0 aromatic carbocycles. The summed E-state index contributed by atoms with van der Waals surface area (Å²) in [6.45, 7) is 3.15. The van der Waals surface area contributed by atoms with Crippen LogP contribution >= 0.6 is 23.1 Å². The Hall–Kier alpha value is -0.850. The Labute approximate surface area is 121 Å². The maximum absolute atomic E-state index is 5.43. The van der Waals surface area contributed by atoms with E-state index < -0.39 is 0 Å². The molecular weight excluding hydrogens is 278 g/mol. The van der Waals surface area contributed by atoms with Crippen LogP contribution in [0.2, 0.25) is 0 Å². The van der Waals surface area contributed by atoms with Crippen molar-refractivity contribution in [3.05, 3.63) is 33.6 Å². The highest BCUT2D eigenvalue weighted by Gasteiger charge is 2.26. The second-order valence-electron chi connectivity index (χ2n) is 4.54. The van der Waals surface area contributed by atoms with E-state index in [1.807, 2.05) is 23.1 Å². The molecule has 3 heterocycles. The average molecular weight is 295 g/mol. The van der Waals surface area contributed by atoms with E-state index in [9.17, 15) is 0 Å². The molecule has 2 aromatic heterocycles. The van der Waals surface area contributed by atoms with E-state index in [0.717, 1.165) is 30.3 Å². The lowest BCUT2D eigenvalue weighted by atomic mass is 10.0. The van der Waals surface area contributed by atoms with Gasteiger partial charge in [-0.3, -0.25) is 0 Å². The van der Waals surface area contributed by atoms with Crippen molar-refractivity contribution in [1.29, 1.82) is 0 Å². The Morgan fingerprint density at radius 1 is 1.58 bits per heavy atom. The van der Waals surface area contributed by atoms with Crippen LogP contribution in [0.1, 0.15) is 41.5 Å². The van der Waals surface area contributed by atoms with Crippen LogP contribution in [0.3, 0.4) is 0 Å². The number of aromatic nitrogens is 2. The van der Waals surface area contributed by atoms with Crippen molar-refractivity contribution < 1.29 is 4.52 Å². The summed E-state index contributed by atoms with van der Waals surface area (Å²) in [6, 6.07) is 2.24. The smallest absolute Gasteiger partial charge is 0.248 e. The van der Waals surface area contributed by atoms with Crippen molar-refractivity contribution in [3.8, 4) is 0 Å². The molecule has 0 fully saturated rings. The zero-order chi connectivity index (χ0) is 13.1. The van der Waals surface area contributed by atoms with E-state index >= 15 is 0 Å². The van der Waals surface area contributed by atoms with Gasteiger partial charge >= 0.3 is 0 Å². The molecule has 1 N–H and O–H groups in total. The zero-order valence-corrected chi connectivity index (χ0v) is 12.5. The van der Waals surface area contributed by atoms with Crippen LogP contribution < -0.4 is 5.32 Å². The van der Waals surface area contributed by atoms with Crippen LogP contribution in [0.4, 0.5) is 0 Å². The minimum Gasteiger partial charge on any atom is -0.337 e. The highest BCUT2D eigenvalue weighted by molar-refractivity contribution is 7.98. The standard InChI is InChI=1S/C13H17N3OS2/c1-2-6-18-8-11-15-13(17-16-11)12-9-4-7-19-10(9)3-5-14-12/h4,7,12,14H,2-3,5-6,8H2,1H3. The summed E-state index contributed by atoms with van der Waals surface area (Å²) in [7, 11) is 0. The quantitative estimate of drug-likeness (QED) is 0.859. The maximum atomic E-state index is 5.43. The molecule has 19 heavy (non-hydrogen) atoms. The van der Waals surface area contributed by atoms with Crippen LogP contribution in [0, 0.1) is 0 Å². The third kappa shape index (κ3) is 2.85. The van der Waals surface area contributed by atoms with E-state index in [2.05, 4.69) is 33.8 Å². The van der Waals surface area contributed by atoms with E-state index in [4.69, 9.17) is 4.52 Å². The van der Waals surface area contributed by atoms with Gasteiger partial charge in [-0.15, -0.1) is 11.3 Å². The molecule has 0 radical (unpaired) electrons. The van der Waals surface area contributed by atoms with Gasteiger partial charge in [0.1, 0.15) is 6.04 Å². The van der Waals surface area contributed by atoms with Crippen LogP contribution in [-0.4, -0.2) is 22.4 Å². The predicted octanol–water partition coefficient (Wildman–Crippen LogP) is 3.01. The molecule has 0 bridgehead atoms. The van der Waals surface area contributed by atoms with E-state index in [-0.39, 0.29) is 6.04 Å². The molecule has 1 aliphatic heterocycles. The number of thioether (sulfide) groups is 1. The van der Waals surface area contributed by atoms with Crippen molar-refractivity contribution in [3.63, 3.8) is 0 Å². The molecule has 0 amide bonds. The second kappa shape index (κ2) is 6.07. The van der Waals surface area contributed by atoms with Crippen molar-refractivity contribution in [1.82, 2.24) is 15.5 Å². The summed E-state index contributed by atoms with van der Waals surface area (Å²) in [5.74, 6) is 3.48. The molecule has 1 atom stereocenters. The largest absolute Gasteiger partial charge is 0.337 e. The first-order valence-electron chi connectivity index (χ1n) is 6.58. The summed E-state index contributed by atoms with van der Waals surface area (Å²) < 4.78 is 5.43. The summed E-state index contributed by atoms with van der Waals surface area (Å²) in [5.41, 5.74) is 1.30. The van der Waals surface area contributed by atoms with Gasteiger partial charge in [0, 0.05) is 11.4 Å². The molecule has 1 aliphatic rings. The second-order valence-corrected chi connectivity index (χ2v) is 6.64. The van der Waals surface area contributed by atoms with Gasteiger partial charge in [0.15, 0.2) is 5.82 Å². The molecule has 6 heteroatoms. The third-order valence-electron chi connectivity index (χ3n) is 3.10. The summed E-state index contributed by atoms with van der Waals surface area (Å²) in [6.07, 6.45) is 2.27. The summed E-state index contributed by atoms with van der Waals surface area (Å²) >= 11 is 3.66. The minimum absolute atomic E-state index is 0.0763. The lowest BCUT2D eigenvalue weighted by Gasteiger charge is -2.20. The lowest BCUT2D eigenvalue weighted by Crippen LogP contribution is -2.29. The van der Waals surface area contributed by atoms with Gasteiger partial charge < -0.3 is 9.84 Å². The Morgan fingerprint density at radius 3 is 3.42 bits per heavy atom. The van der Waals surface area contributed by atoms with Crippen molar-refractivity contribution in [2.75, 3.05) is 12.3 Å². The Kier molecular flexibility index (Phi) is 4.20. The van der Waals surface area contributed by atoms with Gasteiger partial charge in [-0.05, 0) is 35.6 Å². The topological polar surface area (TPSA) is 51.0 Å². The van der Waals surface area contributed by atoms with E-state index in [1.54, 1.807) is 0 Å². The van der Waals surface area contributed by atoms with Crippen molar-refractivity contribution >= 4 is 23.1 Å². The number of hydrogen-bond acceptors (Lipinski definition) is 6. The lowest BCUT2D eigenvalue weighted by molar-refractivity contribution is 0.342. The summed E-state index contributed by atoms with van der Waals surface area (Å²) in [5, 5.41) is 9.68. The Balaban J connectivity index is 1.73. The highest BCUT2D eigenvalue weighted by Crippen LogP contribution is 2.31. The first-order chi connectivity index (χ1) is 9.38. The highest BCUT2D eigenvalue weighted by atomic mass is 32.2. The monoisotopic (exact) mass is 295 g/mol. The molecule has 0 saturated heterocycles. The van der Waals surface area contributed by atoms with Gasteiger partial charge in [0.2, 0.25) is 5.89 Å². The molecule has 4 nitrogen and oxygen atoms in total. The summed E-state index contributed by atoms with van der Waals surface area (Å²) in [4.78, 5) is 5.96. The number of thiophene rings is 1. The fourth-order valence-electron chi connectivity index (χ4n) is 2.22. The van der Waals surface area contributed by atoms with Gasteiger partial charge in [0.05, 0.1) is 5.75 Å². The molecule has 2 aromatic rings. The van der Waals surface area contributed by atoms with Crippen LogP contribution in [-0.2, 0) is 12.2 Å². The van der Waals surface area contributed by atoms with Gasteiger partial charge in [-0.2, -0.15) is 16.7 Å². The van der Waals surface area contributed by atoms with Gasteiger partial charge in [-0.1, -0.05) is 12.1 Å². The number of nitrogens with one attached hydrogen (secondary N) is 1. The first kappa shape index (κ1) is 13.1. The van der Waals surface area contributed by atoms with E-state index in [1.165, 1.54) is 16.9 Å². The van der Waals surface area contributed by atoms with E-state index in [0.29, 0.717) is 5.89 Å². The SMILES string of the molecule is CCCSCc1noc(C2NCCc3sccc32)n1. The van der Waals surface area contributed by atoms with Crippen molar-refractivity contribution in [2.45, 2.75) is 31.6 Å². The Morgan fingerprint density at radius 2 is 2.53 bits per heavy atom. The van der Waals surface area contributed by atoms with Crippen LogP contribution in [0.5, 0.6) is 0 Å². The zero-order valence-electron chi connectivity index (χ0n) is 10.9. The molecule has 3 rings (SSSR count). The molecule has 102 valence electrons. The predicted molar refractivity (Wildman–Crippen MR) is 78.6 cm³/mol. The van der Waals surface area contributed by atoms with Crippen LogP contribution in [0.15, 0.2) is 16.0 Å². The number of nitrogens with zero attached hydrogens (tertiary/aromatic N) is 2. The molecule has 0 aliphatic carbocycles. The van der Waals surface area contributed by atoms with Crippen molar-refractivity contribution in [2.24, 2.45) is 0 Å². The molecule has 1 unspecified atom stereocenters. The molecular formula is C13H17N3OS2. The van der Waals surface area contributed by atoms with Gasteiger partial charge in [-0.25, -0.2) is 0 Å². The number of hydrogen-bond donors (Lipinski definition) is 1. The van der Waals surface area contributed by atoms with Gasteiger partial charge in [0.25, 0.3) is 0 Å². The molecule has 0 saturated carbocycles.